The molecule has 0 aromatic rings. The van der Waals surface area contributed by atoms with Crippen molar-refractivity contribution in [3.63, 3.8) is 0 Å². The predicted octanol–water partition coefficient (Wildman–Crippen LogP) is 8.11. The Bertz CT molecular complexity index is 230. The van der Waals surface area contributed by atoms with E-state index in [0.717, 1.165) is 29.6 Å². The van der Waals surface area contributed by atoms with Crippen LogP contribution in [0.2, 0.25) is 0 Å². The molecule has 0 nitrogen and oxygen atoms in total. The van der Waals surface area contributed by atoms with Gasteiger partial charge in [0.15, 0.2) is 0 Å². The highest BCUT2D eigenvalue weighted by atomic mass is 14.2. The van der Waals surface area contributed by atoms with Crippen LogP contribution in [0.1, 0.15) is 113 Å². The fraction of sp³-hybridized carbons (Fsp3) is 1.00. The van der Waals surface area contributed by atoms with Crippen LogP contribution in [0.3, 0.4) is 0 Å². The third kappa shape index (κ3) is 11.6. The van der Waals surface area contributed by atoms with Gasteiger partial charge in [0.05, 0.1) is 0 Å². The molecular weight excluding hydrogens is 264 g/mol. The molecule has 0 rings (SSSR count). The maximum Gasteiger partial charge on any atom is -0.0391 e. The van der Waals surface area contributed by atoms with Gasteiger partial charge in [-0.05, 0) is 29.6 Å². The molecule has 4 atom stereocenters. The highest BCUT2D eigenvalue weighted by Crippen LogP contribution is 2.29. The van der Waals surface area contributed by atoms with E-state index in [9.17, 15) is 0 Å². The Kier molecular flexibility index (Phi) is 13.4. The Labute approximate surface area is 142 Å². The lowest BCUT2D eigenvalue weighted by molar-refractivity contribution is 0.273. The van der Waals surface area contributed by atoms with Crippen LogP contribution >= 0.6 is 0 Å². The first-order valence-corrected chi connectivity index (χ1v) is 10.4. The molecule has 0 aromatic heterocycles. The van der Waals surface area contributed by atoms with Gasteiger partial charge >= 0.3 is 0 Å². The van der Waals surface area contributed by atoms with Crippen LogP contribution < -0.4 is 0 Å². The third-order valence-electron chi connectivity index (χ3n) is 5.89. The quantitative estimate of drug-likeness (QED) is 0.304. The van der Waals surface area contributed by atoms with Crippen LogP contribution in [0.5, 0.6) is 0 Å². The molecule has 0 spiro atoms. The van der Waals surface area contributed by atoms with E-state index in [1.807, 2.05) is 0 Å². The molecule has 4 unspecified atom stereocenters. The van der Waals surface area contributed by atoms with Gasteiger partial charge in [-0.25, -0.2) is 0 Å². The zero-order valence-electron chi connectivity index (χ0n) is 17.0. The summed E-state index contributed by atoms with van der Waals surface area (Å²) in [5.41, 5.74) is 0. The largest absolute Gasteiger partial charge is 0.0651 e. The molecule has 0 heteroatoms. The molecular formula is C22H46. The van der Waals surface area contributed by atoms with Gasteiger partial charge < -0.3 is 0 Å². The van der Waals surface area contributed by atoms with E-state index in [1.54, 1.807) is 0 Å². The van der Waals surface area contributed by atoms with Crippen molar-refractivity contribution >= 4 is 0 Å². The minimum Gasteiger partial charge on any atom is -0.0651 e. The Morgan fingerprint density at radius 3 is 1.64 bits per heavy atom. The van der Waals surface area contributed by atoms with Gasteiger partial charge in [-0.2, -0.15) is 0 Å². The summed E-state index contributed by atoms with van der Waals surface area (Å²) in [7, 11) is 0. The topological polar surface area (TPSA) is 0 Å². The lowest BCUT2D eigenvalue weighted by Crippen LogP contribution is -2.12. The summed E-state index contributed by atoms with van der Waals surface area (Å²) >= 11 is 0. The number of hydrogen-bond acceptors (Lipinski definition) is 0. The first-order valence-electron chi connectivity index (χ1n) is 10.4. The summed E-state index contributed by atoms with van der Waals surface area (Å²) in [6, 6.07) is 0. The summed E-state index contributed by atoms with van der Waals surface area (Å²) in [5, 5.41) is 0. The predicted molar refractivity (Wildman–Crippen MR) is 103 cm³/mol. The molecule has 134 valence electrons. The van der Waals surface area contributed by atoms with E-state index < -0.39 is 0 Å². The van der Waals surface area contributed by atoms with Gasteiger partial charge in [0.1, 0.15) is 0 Å². The second-order valence-electron chi connectivity index (χ2n) is 8.60. The van der Waals surface area contributed by atoms with E-state index in [0.29, 0.717) is 0 Å². The average Bonchev–Trinajstić information content (AvgIpc) is 2.48. The van der Waals surface area contributed by atoms with Crippen LogP contribution in [-0.2, 0) is 0 Å². The number of hydrogen-bond donors (Lipinski definition) is 0. The summed E-state index contributed by atoms with van der Waals surface area (Å²) in [6.07, 6.45) is 14.3. The van der Waals surface area contributed by atoms with Crippen LogP contribution in [0.15, 0.2) is 0 Å². The highest BCUT2D eigenvalue weighted by molar-refractivity contribution is 4.68. The zero-order valence-corrected chi connectivity index (χ0v) is 17.0. The van der Waals surface area contributed by atoms with Crippen molar-refractivity contribution in [3.05, 3.63) is 0 Å². The fourth-order valence-corrected chi connectivity index (χ4v) is 3.63. The van der Waals surface area contributed by atoms with Crippen LogP contribution in [0.25, 0.3) is 0 Å². The van der Waals surface area contributed by atoms with E-state index in [1.165, 1.54) is 64.2 Å². The molecule has 0 aliphatic rings. The van der Waals surface area contributed by atoms with E-state index in [-0.39, 0.29) is 0 Å². The van der Waals surface area contributed by atoms with Gasteiger partial charge in [0.25, 0.3) is 0 Å². The lowest BCUT2D eigenvalue weighted by Gasteiger charge is -2.24. The van der Waals surface area contributed by atoms with Gasteiger partial charge in [-0.15, -0.1) is 0 Å². The van der Waals surface area contributed by atoms with Gasteiger partial charge in [0.2, 0.25) is 0 Å². The Morgan fingerprint density at radius 2 is 1.14 bits per heavy atom. The molecule has 0 aliphatic carbocycles. The fourth-order valence-electron chi connectivity index (χ4n) is 3.63. The molecule has 0 fully saturated rings. The summed E-state index contributed by atoms with van der Waals surface area (Å²) < 4.78 is 0. The van der Waals surface area contributed by atoms with Crippen molar-refractivity contribution in [2.24, 2.45) is 29.6 Å². The van der Waals surface area contributed by atoms with Crippen LogP contribution in [0.4, 0.5) is 0 Å². The maximum absolute atomic E-state index is 2.50. The molecule has 0 aromatic carbocycles. The SMILES string of the molecule is CCC(C)CCC(C)C(CC)CCCC(C)CCCC(C)C. The van der Waals surface area contributed by atoms with Crippen LogP contribution in [-0.4, -0.2) is 0 Å². The van der Waals surface area contributed by atoms with Crippen LogP contribution in [0, 0.1) is 29.6 Å². The minimum atomic E-state index is 0.878. The van der Waals surface area contributed by atoms with E-state index >= 15 is 0 Å². The van der Waals surface area contributed by atoms with E-state index in [2.05, 4.69) is 48.5 Å². The van der Waals surface area contributed by atoms with Gasteiger partial charge in [-0.1, -0.05) is 113 Å². The second kappa shape index (κ2) is 13.4. The minimum absolute atomic E-state index is 0.878. The highest BCUT2D eigenvalue weighted by Gasteiger charge is 2.16. The molecule has 0 saturated heterocycles. The molecule has 0 N–H and O–H groups in total. The van der Waals surface area contributed by atoms with E-state index in [4.69, 9.17) is 0 Å². The van der Waals surface area contributed by atoms with Gasteiger partial charge in [0, 0.05) is 0 Å². The first kappa shape index (κ1) is 22.0. The summed E-state index contributed by atoms with van der Waals surface area (Å²) in [5.74, 6) is 4.62. The lowest BCUT2D eigenvalue weighted by atomic mass is 9.82. The molecule has 0 heterocycles. The Morgan fingerprint density at radius 1 is 0.545 bits per heavy atom. The van der Waals surface area contributed by atoms with Crippen molar-refractivity contribution in [2.75, 3.05) is 0 Å². The molecule has 0 bridgehead atoms. The van der Waals surface area contributed by atoms with Crippen molar-refractivity contribution in [1.29, 1.82) is 0 Å². The molecule has 0 saturated carbocycles. The smallest absolute Gasteiger partial charge is 0.0391 e. The zero-order chi connectivity index (χ0) is 17.0. The van der Waals surface area contributed by atoms with Crippen molar-refractivity contribution < 1.29 is 0 Å². The van der Waals surface area contributed by atoms with Gasteiger partial charge in [-0.3, -0.25) is 0 Å². The summed E-state index contributed by atoms with van der Waals surface area (Å²) in [6.45, 7) is 16.8. The molecule has 0 radical (unpaired) electrons. The van der Waals surface area contributed by atoms with Crippen molar-refractivity contribution in [1.82, 2.24) is 0 Å². The van der Waals surface area contributed by atoms with Crippen molar-refractivity contribution in [2.45, 2.75) is 113 Å². The molecule has 22 heavy (non-hydrogen) atoms. The standard InChI is InChI=1S/C22H46/c1-8-19(5)16-17-21(7)22(9-2)15-11-14-20(6)13-10-12-18(3)4/h18-22H,8-17H2,1-7H3. The maximum atomic E-state index is 2.50. The molecule has 0 aliphatic heterocycles. The second-order valence-corrected chi connectivity index (χ2v) is 8.60. The molecule has 0 amide bonds. The van der Waals surface area contributed by atoms with Crippen molar-refractivity contribution in [3.8, 4) is 0 Å². The third-order valence-corrected chi connectivity index (χ3v) is 5.89. The monoisotopic (exact) mass is 310 g/mol. The Balaban J connectivity index is 3.83. The first-order chi connectivity index (χ1) is 10.4. The summed E-state index contributed by atoms with van der Waals surface area (Å²) in [4.78, 5) is 0. The number of rotatable bonds is 14. The average molecular weight is 311 g/mol. The Hall–Kier alpha value is 0. The normalized spacial score (nSPS) is 17.5.